The SMILES string of the molecule is CCOCOCCCC(C)CC(C)CC(C)CC(C)CC(C)CC(C)CC(C)CCCI. The van der Waals surface area contributed by atoms with E-state index in [9.17, 15) is 0 Å². The number of rotatable bonds is 22. The first kappa shape index (κ1) is 32.7. The molecule has 0 bridgehead atoms. The van der Waals surface area contributed by atoms with E-state index in [2.05, 4.69) is 71.1 Å². The van der Waals surface area contributed by atoms with Gasteiger partial charge < -0.3 is 9.47 Å². The van der Waals surface area contributed by atoms with Crippen molar-refractivity contribution in [3.05, 3.63) is 0 Å². The maximum atomic E-state index is 5.50. The summed E-state index contributed by atoms with van der Waals surface area (Å²) >= 11 is 2.51. The van der Waals surface area contributed by atoms with Crippen LogP contribution in [0.2, 0.25) is 0 Å². The topological polar surface area (TPSA) is 18.5 Å². The lowest BCUT2D eigenvalue weighted by Crippen LogP contribution is -2.14. The van der Waals surface area contributed by atoms with Crippen LogP contribution in [-0.4, -0.2) is 24.4 Å². The van der Waals surface area contributed by atoms with Gasteiger partial charge in [-0.05, 0) is 117 Å². The molecule has 0 aromatic rings. The summed E-state index contributed by atoms with van der Waals surface area (Å²) in [5.74, 6) is 5.98. The van der Waals surface area contributed by atoms with Crippen LogP contribution in [0, 0.1) is 41.4 Å². The number of hydrogen-bond donors (Lipinski definition) is 0. The second-order valence-electron chi connectivity index (χ2n) is 11.6. The van der Waals surface area contributed by atoms with E-state index in [-0.39, 0.29) is 0 Å². The molecular weight excluding hydrogens is 507 g/mol. The standard InChI is InChI=1S/C29H59IO2/c1-9-31-22-32-15-11-13-24(3)17-26(5)19-28(7)21-29(8)20-27(6)18-25(4)16-23(2)12-10-14-30/h23-29H,9-22H2,1-8H3. The number of hydrogen-bond acceptors (Lipinski definition) is 2. The van der Waals surface area contributed by atoms with Gasteiger partial charge in [-0.2, -0.15) is 0 Å². The molecule has 0 aromatic carbocycles. The lowest BCUT2D eigenvalue weighted by Gasteiger charge is -2.26. The van der Waals surface area contributed by atoms with Crippen LogP contribution < -0.4 is 0 Å². The van der Waals surface area contributed by atoms with E-state index in [4.69, 9.17) is 9.47 Å². The molecular formula is C29H59IO2. The molecule has 0 aliphatic carbocycles. The van der Waals surface area contributed by atoms with Crippen molar-refractivity contribution in [1.82, 2.24) is 0 Å². The van der Waals surface area contributed by atoms with Gasteiger partial charge in [-0.3, -0.25) is 0 Å². The van der Waals surface area contributed by atoms with Crippen LogP contribution >= 0.6 is 22.6 Å². The molecule has 0 amide bonds. The first-order valence-corrected chi connectivity index (χ1v) is 15.4. The zero-order valence-corrected chi connectivity index (χ0v) is 25.3. The summed E-state index contributed by atoms with van der Waals surface area (Å²) < 4.78 is 12.0. The molecule has 0 heterocycles. The lowest BCUT2D eigenvalue weighted by molar-refractivity contribution is -0.0508. The Morgan fingerprint density at radius 2 is 0.906 bits per heavy atom. The Labute approximate surface area is 216 Å². The fraction of sp³-hybridized carbons (Fsp3) is 1.00. The van der Waals surface area contributed by atoms with E-state index in [1.165, 1.54) is 62.2 Å². The van der Waals surface area contributed by atoms with Crippen molar-refractivity contribution in [2.45, 2.75) is 120 Å². The molecule has 0 spiro atoms. The summed E-state index contributed by atoms with van der Waals surface area (Å²) in [6.45, 7) is 21.3. The van der Waals surface area contributed by atoms with Crippen LogP contribution in [0.1, 0.15) is 120 Å². The molecule has 32 heavy (non-hydrogen) atoms. The zero-order valence-electron chi connectivity index (χ0n) is 23.1. The average Bonchev–Trinajstić information content (AvgIpc) is 2.68. The van der Waals surface area contributed by atoms with Gasteiger partial charge >= 0.3 is 0 Å². The quantitative estimate of drug-likeness (QED) is 0.0562. The van der Waals surface area contributed by atoms with Crippen LogP contribution in [0.3, 0.4) is 0 Å². The van der Waals surface area contributed by atoms with Crippen molar-refractivity contribution in [3.8, 4) is 0 Å². The minimum absolute atomic E-state index is 0.451. The Morgan fingerprint density at radius 3 is 1.28 bits per heavy atom. The molecule has 0 aliphatic rings. The van der Waals surface area contributed by atoms with Gasteiger partial charge in [0.1, 0.15) is 6.79 Å². The van der Waals surface area contributed by atoms with Crippen LogP contribution in [0.4, 0.5) is 0 Å². The van der Waals surface area contributed by atoms with Crippen LogP contribution in [0.25, 0.3) is 0 Å². The minimum Gasteiger partial charge on any atom is -0.356 e. The Morgan fingerprint density at radius 1 is 0.531 bits per heavy atom. The van der Waals surface area contributed by atoms with E-state index in [1.54, 1.807) is 0 Å². The smallest absolute Gasteiger partial charge is 0.146 e. The highest BCUT2D eigenvalue weighted by Gasteiger charge is 2.18. The van der Waals surface area contributed by atoms with Crippen molar-refractivity contribution < 1.29 is 9.47 Å². The van der Waals surface area contributed by atoms with E-state index in [0.717, 1.165) is 61.1 Å². The molecule has 194 valence electrons. The Hall–Kier alpha value is 0.650. The molecule has 0 rings (SSSR count). The van der Waals surface area contributed by atoms with E-state index >= 15 is 0 Å². The maximum absolute atomic E-state index is 5.50. The van der Waals surface area contributed by atoms with Crippen molar-refractivity contribution in [2.75, 3.05) is 24.4 Å². The third-order valence-electron chi connectivity index (χ3n) is 7.02. The highest BCUT2D eigenvalue weighted by atomic mass is 127. The van der Waals surface area contributed by atoms with Gasteiger partial charge in [-0.15, -0.1) is 0 Å². The Balaban J connectivity index is 3.99. The maximum Gasteiger partial charge on any atom is 0.146 e. The predicted molar refractivity (Wildman–Crippen MR) is 152 cm³/mol. The molecule has 0 aromatic heterocycles. The number of ether oxygens (including phenoxy) is 2. The predicted octanol–water partition coefficient (Wildman–Crippen LogP) is 9.79. The second-order valence-corrected chi connectivity index (χ2v) is 12.7. The van der Waals surface area contributed by atoms with Crippen molar-refractivity contribution >= 4 is 22.6 Å². The molecule has 0 fully saturated rings. The summed E-state index contributed by atoms with van der Waals surface area (Å²) in [5, 5.41) is 0. The fourth-order valence-electron chi connectivity index (χ4n) is 6.00. The van der Waals surface area contributed by atoms with Crippen LogP contribution in [-0.2, 0) is 9.47 Å². The summed E-state index contributed by atoms with van der Waals surface area (Å²) in [6, 6.07) is 0. The van der Waals surface area contributed by atoms with Crippen molar-refractivity contribution in [2.24, 2.45) is 41.4 Å². The van der Waals surface area contributed by atoms with Crippen molar-refractivity contribution in [3.63, 3.8) is 0 Å². The zero-order chi connectivity index (χ0) is 24.4. The van der Waals surface area contributed by atoms with Crippen LogP contribution in [0.5, 0.6) is 0 Å². The number of halogens is 1. The summed E-state index contributed by atoms with van der Waals surface area (Å²) in [5.41, 5.74) is 0. The van der Waals surface area contributed by atoms with Gasteiger partial charge in [0.25, 0.3) is 0 Å². The minimum atomic E-state index is 0.451. The molecule has 0 saturated carbocycles. The number of alkyl halides is 1. The van der Waals surface area contributed by atoms with Gasteiger partial charge in [-0.1, -0.05) is 71.1 Å². The normalized spacial score (nSPS) is 18.7. The molecule has 7 unspecified atom stereocenters. The third kappa shape index (κ3) is 20.1. The Bertz CT molecular complexity index is 403. The second kappa shape index (κ2) is 21.0. The van der Waals surface area contributed by atoms with E-state index < -0.39 is 0 Å². The average molecular weight is 567 g/mol. The molecule has 3 heteroatoms. The van der Waals surface area contributed by atoms with Crippen molar-refractivity contribution in [1.29, 1.82) is 0 Å². The molecule has 2 nitrogen and oxygen atoms in total. The largest absolute Gasteiger partial charge is 0.356 e. The van der Waals surface area contributed by atoms with Crippen LogP contribution in [0.15, 0.2) is 0 Å². The van der Waals surface area contributed by atoms with E-state index in [0.29, 0.717) is 6.79 Å². The summed E-state index contributed by atoms with van der Waals surface area (Å²) in [6.07, 6.45) is 13.6. The van der Waals surface area contributed by atoms with E-state index in [1.807, 2.05) is 6.92 Å². The first-order valence-electron chi connectivity index (χ1n) is 13.9. The molecule has 0 N–H and O–H groups in total. The van der Waals surface area contributed by atoms with Gasteiger partial charge in [0.05, 0.1) is 0 Å². The van der Waals surface area contributed by atoms with Gasteiger partial charge in [-0.25, -0.2) is 0 Å². The first-order chi connectivity index (χ1) is 15.2. The van der Waals surface area contributed by atoms with Gasteiger partial charge in [0.15, 0.2) is 0 Å². The molecule has 0 radical (unpaired) electrons. The summed E-state index contributed by atoms with van der Waals surface area (Å²) in [4.78, 5) is 0. The lowest BCUT2D eigenvalue weighted by atomic mass is 9.80. The molecule has 0 aliphatic heterocycles. The summed E-state index contributed by atoms with van der Waals surface area (Å²) in [7, 11) is 0. The fourth-order valence-corrected chi connectivity index (χ4v) is 6.44. The molecule has 7 atom stereocenters. The third-order valence-corrected chi connectivity index (χ3v) is 7.78. The highest BCUT2D eigenvalue weighted by Crippen LogP contribution is 2.30. The van der Waals surface area contributed by atoms with Gasteiger partial charge in [0, 0.05) is 13.2 Å². The highest BCUT2D eigenvalue weighted by molar-refractivity contribution is 14.1. The molecule has 0 saturated heterocycles. The Kier molecular flexibility index (Phi) is 21.4. The monoisotopic (exact) mass is 566 g/mol. The van der Waals surface area contributed by atoms with Gasteiger partial charge in [0.2, 0.25) is 0 Å².